The number of rotatable bonds is 3. The number of pyridine rings is 1. The van der Waals surface area contributed by atoms with Gasteiger partial charge in [0, 0.05) is 24.2 Å². The zero-order valence-corrected chi connectivity index (χ0v) is 10.4. The van der Waals surface area contributed by atoms with Crippen LogP contribution in [0.15, 0.2) is 29.2 Å². The van der Waals surface area contributed by atoms with Gasteiger partial charge in [-0.25, -0.2) is 4.79 Å². The Morgan fingerprint density at radius 1 is 1.26 bits per heavy atom. The van der Waals surface area contributed by atoms with Crippen LogP contribution in [0, 0.1) is 0 Å². The Bertz CT molecular complexity index is 697. The second-order valence-electron chi connectivity index (χ2n) is 3.93. The number of hydrogen-bond donors (Lipinski definition) is 2. The minimum Gasteiger partial charge on any atom is -0.464 e. The minimum absolute atomic E-state index is 0.131. The quantitative estimate of drug-likeness (QED) is 0.643. The molecule has 0 saturated heterocycles. The van der Waals surface area contributed by atoms with Gasteiger partial charge in [0.1, 0.15) is 5.69 Å². The van der Waals surface area contributed by atoms with Crippen molar-refractivity contribution in [2.75, 3.05) is 7.11 Å². The molecule has 0 aliphatic rings. The molecule has 2 rings (SSSR count). The van der Waals surface area contributed by atoms with Crippen LogP contribution in [0.1, 0.15) is 27.9 Å². The van der Waals surface area contributed by atoms with Crippen molar-refractivity contribution in [3.63, 3.8) is 0 Å². The number of H-pyrrole nitrogens is 2. The first-order valence-corrected chi connectivity index (χ1v) is 5.55. The first-order chi connectivity index (χ1) is 9.04. The Balaban J connectivity index is 2.66. The molecule has 0 aromatic carbocycles. The zero-order chi connectivity index (χ0) is 14.0. The van der Waals surface area contributed by atoms with E-state index < -0.39 is 5.97 Å². The molecule has 0 atom stereocenters. The molecule has 0 fully saturated rings. The largest absolute Gasteiger partial charge is 0.464 e. The van der Waals surface area contributed by atoms with E-state index >= 15 is 0 Å². The first-order valence-electron chi connectivity index (χ1n) is 5.55. The molecule has 2 heterocycles. The van der Waals surface area contributed by atoms with Crippen LogP contribution in [0.4, 0.5) is 0 Å². The number of nitrogens with one attached hydrogen (secondary N) is 2. The second kappa shape index (κ2) is 4.93. The van der Waals surface area contributed by atoms with Gasteiger partial charge in [0.15, 0.2) is 5.78 Å². The fraction of sp³-hybridized carbons (Fsp3) is 0.154. The molecule has 2 aromatic heterocycles. The van der Waals surface area contributed by atoms with Crippen LogP contribution >= 0.6 is 0 Å². The molecule has 2 N–H and O–H groups in total. The van der Waals surface area contributed by atoms with Gasteiger partial charge in [-0.3, -0.25) is 9.59 Å². The van der Waals surface area contributed by atoms with Gasteiger partial charge in [-0.05, 0) is 18.2 Å². The van der Waals surface area contributed by atoms with E-state index in [0.29, 0.717) is 11.1 Å². The maximum Gasteiger partial charge on any atom is 0.354 e. The number of esters is 1. The van der Waals surface area contributed by atoms with E-state index in [9.17, 15) is 14.4 Å². The monoisotopic (exact) mass is 260 g/mol. The molecule has 0 bridgehead atoms. The summed E-state index contributed by atoms with van der Waals surface area (Å²) in [6, 6.07) is 4.66. The Morgan fingerprint density at radius 3 is 2.58 bits per heavy atom. The summed E-state index contributed by atoms with van der Waals surface area (Å²) in [5.74, 6) is -0.866. The predicted octanol–water partition coefficient (Wildman–Crippen LogP) is 1.36. The van der Waals surface area contributed by atoms with Crippen molar-refractivity contribution in [1.29, 1.82) is 0 Å². The summed E-state index contributed by atoms with van der Waals surface area (Å²) in [6.45, 7) is 1.35. The molecule has 0 unspecified atom stereocenters. The van der Waals surface area contributed by atoms with Gasteiger partial charge < -0.3 is 14.7 Å². The highest BCUT2D eigenvalue weighted by Crippen LogP contribution is 2.22. The molecule has 0 aliphatic heterocycles. The SMILES string of the molecule is COC(=O)c1cc(-c2ccc[nH]c2=O)c(C(C)=O)[nH]1. The Kier molecular flexibility index (Phi) is 3.33. The molecular weight excluding hydrogens is 248 g/mol. The molecular formula is C13H12N2O4. The van der Waals surface area contributed by atoms with Crippen molar-refractivity contribution < 1.29 is 14.3 Å². The summed E-state index contributed by atoms with van der Waals surface area (Å²) in [7, 11) is 1.24. The molecule has 6 heteroatoms. The third-order valence-corrected chi connectivity index (χ3v) is 2.68. The summed E-state index contributed by atoms with van der Waals surface area (Å²) in [6.07, 6.45) is 1.49. The first kappa shape index (κ1) is 12.8. The van der Waals surface area contributed by atoms with E-state index in [1.165, 1.54) is 26.3 Å². The van der Waals surface area contributed by atoms with Gasteiger partial charge >= 0.3 is 5.97 Å². The Labute approximate surface area is 108 Å². The third kappa shape index (κ3) is 2.33. The molecule has 0 radical (unpaired) electrons. The van der Waals surface area contributed by atoms with Crippen LogP contribution in [0.25, 0.3) is 11.1 Å². The summed E-state index contributed by atoms with van der Waals surface area (Å²) < 4.78 is 4.58. The highest BCUT2D eigenvalue weighted by molar-refractivity contribution is 6.02. The van der Waals surface area contributed by atoms with E-state index in [-0.39, 0.29) is 22.7 Å². The third-order valence-electron chi connectivity index (χ3n) is 2.68. The van der Waals surface area contributed by atoms with Crippen LogP contribution in [-0.4, -0.2) is 28.8 Å². The fourth-order valence-corrected chi connectivity index (χ4v) is 1.80. The van der Waals surface area contributed by atoms with Gasteiger partial charge in [0.25, 0.3) is 5.56 Å². The Morgan fingerprint density at radius 2 is 2.00 bits per heavy atom. The van der Waals surface area contributed by atoms with Gasteiger partial charge in [0.2, 0.25) is 0 Å². The van der Waals surface area contributed by atoms with Gasteiger partial charge in [0.05, 0.1) is 12.8 Å². The van der Waals surface area contributed by atoms with Crippen molar-refractivity contribution in [3.05, 3.63) is 46.1 Å². The summed E-state index contributed by atoms with van der Waals surface area (Å²) in [5.41, 5.74) is 0.706. The number of ketones is 1. The summed E-state index contributed by atoms with van der Waals surface area (Å²) in [5, 5.41) is 0. The summed E-state index contributed by atoms with van der Waals surface area (Å²) in [4.78, 5) is 40.0. The number of ether oxygens (including phenoxy) is 1. The van der Waals surface area contributed by atoms with Gasteiger partial charge in [-0.2, -0.15) is 0 Å². The number of methoxy groups -OCH3 is 1. The zero-order valence-electron chi connectivity index (χ0n) is 10.4. The van der Waals surface area contributed by atoms with Crippen LogP contribution in [-0.2, 0) is 4.74 Å². The lowest BCUT2D eigenvalue weighted by Crippen LogP contribution is -2.08. The number of aromatic nitrogens is 2. The van der Waals surface area contributed by atoms with E-state index in [0.717, 1.165) is 0 Å². The average molecular weight is 260 g/mol. The normalized spacial score (nSPS) is 10.2. The minimum atomic E-state index is -0.596. The molecule has 19 heavy (non-hydrogen) atoms. The molecule has 6 nitrogen and oxygen atoms in total. The lowest BCUT2D eigenvalue weighted by molar-refractivity contribution is 0.0595. The molecule has 0 amide bonds. The fourth-order valence-electron chi connectivity index (χ4n) is 1.80. The highest BCUT2D eigenvalue weighted by atomic mass is 16.5. The predicted molar refractivity (Wildman–Crippen MR) is 68.2 cm³/mol. The highest BCUT2D eigenvalue weighted by Gasteiger charge is 2.19. The molecule has 0 saturated carbocycles. The van der Waals surface area contributed by atoms with E-state index in [1.54, 1.807) is 12.1 Å². The maximum absolute atomic E-state index is 11.7. The van der Waals surface area contributed by atoms with Gasteiger partial charge in [-0.15, -0.1) is 0 Å². The van der Waals surface area contributed by atoms with Crippen LogP contribution < -0.4 is 5.56 Å². The molecule has 0 aliphatic carbocycles. The van der Waals surface area contributed by atoms with Crippen molar-refractivity contribution >= 4 is 11.8 Å². The van der Waals surface area contributed by atoms with Gasteiger partial charge in [-0.1, -0.05) is 0 Å². The topological polar surface area (TPSA) is 92.0 Å². The number of Topliss-reactive ketones (excluding diaryl/α,β-unsaturated/α-hetero) is 1. The second-order valence-corrected chi connectivity index (χ2v) is 3.93. The summed E-state index contributed by atoms with van der Waals surface area (Å²) >= 11 is 0. The van der Waals surface area contributed by atoms with Crippen LogP contribution in [0.3, 0.4) is 0 Å². The molecule has 2 aromatic rings. The van der Waals surface area contributed by atoms with Crippen molar-refractivity contribution in [2.24, 2.45) is 0 Å². The smallest absolute Gasteiger partial charge is 0.354 e. The molecule has 98 valence electrons. The van der Waals surface area contributed by atoms with Crippen molar-refractivity contribution in [1.82, 2.24) is 9.97 Å². The lowest BCUT2D eigenvalue weighted by atomic mass is 10.1. The number of hydrogen-bond acceptors (Lipinski definition) is 4. The molecule has 0 spiro atoms. The van der Waals surface area contributed by atoms with E-state index in [1.807, 2.05) is 0 Å². The van der Waals surface area contributed by atoms with E-state index in [2.05, 4.69) is 14.7 Å². The maximum atomic E-state index is 11.7. The van der Waals surface area contributed by atoms with Crippen molar-refractivity contribution in [2.45, 2.75) is 6.92 Å². The van der Waals surface area contributed by atoms with Crippen molar-refractivity contribution in [3.8, 4) is 11.1 Å². The Hall–Kier alpha value is -2.63. The van der Waals surface area contributed by atoms with E-state index in [4.69, 9.17) is 0 Å². The lowest BCUT2D eigenvalue weighted by Gasteiger charge is -1.99. The number of carbonyl (C=O) groups excluding carboxylic acids is 2. The van der Waals surface area contributed by atoms with Crippen LogP contribution in [0.2, 0.25) is 0 Å². The average Bonchev–Trinajstić information content (AvgIpc) is 2.83. The number of aromatic amines is 2. The number of carbonyl (C=O) groups is 2. The standard InChI is InChI=1S/C13H12N2O4/c1-7(16)11-9(6-10(15-11)13(18)19-2)8-4-3-5-14-12(8)17/h3-6,15H,1-2H3,(H,14,17). The van der Waals surface area contributed by atoms with Crippen LogP contribution in [0.5, 0.6) is 0 Å².